The predicted molar refractivity (Wildman–Crippen MR) is 95.5 cm³/mol. The van der Waals surface area contributed by atoms with Crippen LogP contribution >= 0.6 is 0 Å². The number of halogens is 1. The Hall–Kier alpha value is -2.40. The van der Waals surface area contributed by atoms with Crippen molar-refractivity contribution >= 4 is 5.91 Å². The molecule has 0 aromatic heterocycles. The summed E-state index contributed by atoms with van der Waals surface area (Å²) in [5.41, 5.74) is 0.648. The van der Waals surface area contributed by atoms with Crippen LogP contribution in [0.15, 0.2) is 48.5 Å². The van der Waals surface area contributed by atoms with Crippen LogP contribution in [0.3, 0.4) is 0 Å². The minimum absolute atomic E-state index is 0.0430. The molecule has 1 amide bonds. The highest BCUT2D eigenvalue weighted by atomic mass is 19.1. The summed E-state index contributed by atoms with van der Waals surface area (Å²) >= 11 is 0. The van der Waals surface area contributed by atoms with Gasteiger partial charge in [0.15, 0.2) is 0 Å². The van der Waals surface area contributed by atoms with Crippen LogP contribution in [0.5, 0.6) is 11.5 Å². The Morgan fingerprint density at radius 1 is 0.960 bits per heavy atom. The van der Waals surface area contributed by atoms with E-state index in [0.717, 1.165) is 13.1 Å². The lowest BCUT2D eigenvalue weighted by Crippen LogP contribution is -2.57. The molecule has 2 aromatic carbocycles. The van der Waals surface area contributed by atoms with Crippen LogP contribution in [0.2, 0.25) is 0 Å². The lowest BCUT2D eigenvalue weighted by Gasteiger charge is -2.43. The van der Waals surface area contributed by atoms with E-state index >= 15 is 0 Å². The van der Waals surface area contributed by atoms with Gasteiger partial charge in [-0.15, -0.1) is 0 Å². The summed E-state index contributed by atoms with van der Waals surface area (Å²) in [6.45, 7) is 5.91. The van der Waals surface area contributed by atoms with Gasteiger partial charge in [0, 0.05) is 30.7 Å². The second-order valence-electron chi connectivity index (χ2n) is 6.71. The third kappa shape index (κ3) is 3.99. The number of benzene rings is 2. The number of ether oxygens (including phenoxy) is 1. The molecule has 0 N–H and O–H groups in total. The maximum Gasteiger partial charge on any atom is 0.254 e. The molecular formula is C20H23FN2O2. The normalized spacial score (nSPS) is 21.2. The van der Waals surface area contributed by atoms with E-state index in [4.69, 9.17) is 4.74 Å². The van der Waals surface area contributed by atoms with Crippen LogP contribution in [0.1, 0.15) is 24.2 Å². The standard InChI is InChI=1S/C20H23FN2O2/c1-14-12-22(3)13-15(2)23(14)20(24)16-4-8-18(9-5-16)25-19-10-6-17(21)7-11-19/h4-11,14-15H,12-13H2,1-3H3. The number of piperazine rings is 1. The molecule has 1 saturated heterocycles. The Labute approximate surface area is 147 Å². The monoisotopic (exact) mass is 342 g/mol. The quantitative estimate of drug-likeness (QED) is 0.851. The maximum absolute atomic E-state index is 12.9. The van der Waals surface area contributed by atoms with Gasteiger partial charge in [-0.05, 0) is 69.4 Å². The summed E-state index contributed by atoms with van der Waals surface area (Å²) in [5.74, 6) is 0.912. The van der Waals surface area contributed by atoms with Gasteiger partial charge in [-0.2, -0.15) is 0 Å². The van der Waals surface area contributed by atoms with Crippen molar-refractivity contribution in [1.82, 2.24) is 9.80 Å². The molecule has 1 aliphatic rings. The molecule has 1 fully saturated rings. The van der Waals surface area contributed by atoms with Gasteiger partial charge in [0.1, 0.15) is 17.3 Å². The maximum atomic E-state index is 12.9. The average molecular weight is 342 g/mol. The molecular weight excluding hydrogens is 319 g/mol. The molecule has 25 heavy (non-hydrogen) atoms. The van der Waals surface area contributed by atoms with E-state index < -0.39 is 0 Å². The Morgan fingerprint density at radius 2 is 1.44 bits per heavy atom. The third-order valence-corrected chi connectivity index (χ3v) is 4.49. The molecule has 1 aliphatic heterocycles. The van der Waals surface area contributed by atoms with Crippen molar-refractivity contribution in [2.45, 2.75) is 25.9 Å². The molecule has 0 aliphatic carbocycles. The van der Waals surface area contributed by atoms with Gasteiger partial charge < -0.3 is 14.5 Å². The average Bonchev–Trinajstić information content (AvgIpc) is 2.56. The molecule has 3 rings (SSSR count). The largest absolute Gasteiger partial charge is 0.457 e. The molecule has 4 nitrogen and oxygen atoms in total. The number of likely N-dealkylation sites (N-methyl/N-ethyl adjacent to an activating group) is 1. The smallest absolute Gasteiger partial charge is 0.254 e. The number of amides is 1. The van der Waals surface area contributed by atoms with Crippen LogP contribution in [-0.2, 0) is 0 Å². The first-order chi connectivity index (χ1) is 11.9. The molecule has 2 atom stereocenters. The second kappa shape index (κ2) is 7.23. The number of hydrogen-bond donors (Lipinski definition) is 0. The Morgan fingerprint density at radius 3 is 1.96 bits per heavy atom. The zero-order chi connectivity index (χ0) is 18.0. The Kier molecular flexibility index (Phi) is 5.04. The van der Waals surface area contributed by atoms with Crippen LogP contribution < -0.4 is 4.74 Å². The summed E-state index contributed by atoms with van der Waals surface area (Å²) < 4.78 is 18.6. The fourth-order valence-electron chi connectivity index (χ4n) is 3.44. The van der Waals surface area contributed by atoms with Crippen LogP contribution in [0, 0.1) is 5.82 Å². The molecule has 0 radical (unpaired) electrons. The fraction of sp³-hybridized carbons (Fsp3) is 0.350. The fourth-order valence-corrected chi connectivity index (χ4v) is 3.44. The van der Waals surface area contributed by atoms with Gasteiger partial charge in [-0.3, -0.25) is 4.79 Å². The van der Waals surface area contributed by atoms with Crippen LogP contribution in [-0.4, -0.2) is 47.9 Å². The summed E-state index contributed by atoms with van der Waals surface area (Å²) in [6.07, 6.45) is 0. The van der Waals surface area contributed by atoms with Gasteiger partial charge in [-0.1, -0.05) is 0 Å². The number of nitrogens with zero attached hydrogens (tertiary/aromatic N) is 2. The van der Waals surface area contributed by atoms with E-state index in [1.54, 1.807) is 36.4 Å². The Bertz CT molecular complexity index is 718. The highest BCUT2D eigenvalue weighted by Gasteiger charge is 2.31. The summed E-state index contributed by atoms with van der Waals surface area (Å²) in [6, 6.07) is 13.3. The molecule has 0 saturated carbocycles. The topological polar surface area (TPSA) is 32.8 Å². The molecule has 0 spiro atoms. The first kappa shape index (κ1) is 17.4. The van der Waals surface area contributed by atoms with Gasteiger partial charge in [0.2, 0.25) is 0 Å². The molecule has 0 bridgehead atoms. The highest BCUT2D eigenvalue weighted by Crippen LogP contribution is 2.24. The van der Waals surface area contributed by atoms with E-state index in [2.05, 4.69) is 25.8 Å². The third-order valence-electron chi connectivity index (χ3n) is 4.49. The summed E-state index contributed by atoms with van der Waals surface area (Å²) in [5, 5.41) is 0. The van der Waals surface area contributed by atoms with Crippen molar-refractivity contribution in [3.8, 4) is 11.5 Å². The predicted octanol–water partition coefficient (Wildman–Crippen LogP) is 3.78. The molecule has 132 valence electrons. The van der Waals surface area contributed by atoms with Crippen molar-refractivity contribution in [3.63, 3.8) is 0 Å². The lowest BCUT2D eigenvalue weighted by molar-refractivity contribution is 0.0350. The first-order valence-corrected chi connectivity index (χ1v) is 8.48. The lowest BCUT2D eigenvalue weighted by atomic mass is 10.1. The summed E-state index contributed by atoms with van der Waals surface area (Å²) in [7, 11) is 2.08. The van der Waals surface area contributed by atoms with Crippen LogP contribution in [0.25, 0.3) is 0 Å². The van der Waals surface area contributed by atoms with Crippen molar-refractivity contribution in [2.24, 2.45) is 0 Å². The molecule has 2 aromatic rings. The van der Waals surface area contributed by atoms with E-state index in [1.165, 1.54) is 12.1 Å². The SMILES string of the molecule is CC1CN(C)CC(C)N1C(=O)c1ccc(Oc2ccc(F)cc2)cc1. The molecule has 1 heterocycles. The Balaban J connectivity index is 1.71. The van der Waals surface area contributed by atoms with Gasteiger partial charge in [0.25, 0.3) is 5.91 Å². The molecule has 5 heteroatoms. The van der Waals surface area contributed by atoms with Crippen molar-refractivity contribution in [3.05, 3.63) is 59.9 Å². The van der Waals surface area contributed by atoms with Gasteiger partial charge in [0.05, 0.1) is 0 Å². The van der Waals surface area contributed by atoms with Gasteiger partial charge in [-0.25, -0.2) is 4.39 Å². The zero-order valence-electron chi connectivity index (χ0n) is 14.8. The summed E-state index contributed by atoms with van der Waals surface area (Å²) in [4.78, 5) is 17.1. The minimum Gasteiger partial charge on any atom is -0.457 e. The van der Waals surface area contributed by atoms with E-state index in [-0.39, 0.29) is 23.8 Å². The molecule has 2 unspecified atom stereocenters. The van der Waals surface area contributed by atoms with Crippen LogP contribution in [0.4, 0.5) is 4.39 Å². The number of hydrogen-bond acceptors (Lipinski definition) is 3. The van der Waals surface area contributed by atoms with Gasteiger partial charge >= 0.3 is 0 Å². The zero-order valence-corrected chi connectivity index (χ0v) is 14.8. The van der Waals surface area contributed by atoms with E-state index in [1.807, 2.05) is 4.90 Å². The van der Waals surface area contributed by atoms with Crippen molar-refractivity contribution in [1.29, 1.82) is 0 Å². The highest BCUT2D eigenvalue weighted by molar-refractivity contribution is 5.94. The first-order valence-electron chi connectivity index (χ1n) is 8.48. The van der Waals surface area contributed by atoms with Crippen molar-refractivity contribution < 1.29 is 13.9 Å². The van der Waals surface area contributed by atoms with E-state index in [9.17, 15) is 9.18 Å². The number of carbonyl (C=O) groups is 1. The number of rotatable bonds is 3. The van der Waals surface area contributed by atoms with E-state index in [0.29, 0.717) is 17.1 Å². The minimum atomic E-state index is -0.302. The number of carbonyl (C=O) groups excluding carboxylic acids is 1. The second-order valence-corrected chi connectivity index (χ2v) is 6.71. The van der Waals surface area contributed by atoms with Crippen molar-refractivity contribution in [2.75, 3.05) is 20.1 Å².